The van der Waals surface area contributed by atoms with Crippen molar-refractivity contribution < 1.29 is 0 Å². The smallest absolute Gasteiger partial charge is 0.0407 e. The summed E-state index contributed by atoms with van der Waals surface area (Å²) in [6, 6.07) is 7.63. The van der Waals surface area contributed by atoms with Crippen molar-refractivity contribution in [2.45, 2.75) is 12.8 Å². The van der Waals surface area contributed by atoms with Crippen molar-refractivity contribution in [1.82, 2.24) is 0 Å². The first-order chi connectivity index (χ1) is 7.16. The normalized spacial score (nSPS) is 16.9. The fraction of sp³-hybridized carbons (Fsp3) is 0.231. The second-order valence-corrected chi connectivity index (χ2v) is 4.41. The predicted octanol–water partition coefficient (Wildman–Crippen LogP) is 4.23. The highest BCUT2D eigenvalue weighted by atomic mass is 35.5. The molecule has 78 valence electrons. The molecule has 1 saturated carbocycles. The van der Waals surface area contributed by atoms with Gasteiger partial charge in [0.05, 0.1) is 0 Å². The lowest BCUT2D eigenvalue weighted by Gasteiger charge is -2.16. The van der Waals surface area contributed by atoms with Crippen LogP contribution in [0, 0.1) is 5.41 Å². The first-order valence-corrected chi connectivity index (χ1v) is 5.40. The molecule has 1 aromatic carbocycles. The van der Waals surface area contributed by atoms with E-state index in [-0.39, 0.29) is 5.41 Å². The van der Waals surface area contributed by atoms with Crippen molar-refractivity contribution in [3.05, 3.63) is 54.2 Å². The Hall–Kier alpha value is -1.21. The van der Waals surface area contributed by atoms with Gasteiger partial charge in [0.2, 0.25) is 0 Å². The third kappa shape index (κ3) is 2.07. The van der Waals surface area contributed by atoms with Gasteiger partial charge in [0.1, 0.15) is 0 Å². The van der Waals surface area contributed by atoms with Gasteiger partial charge in [-0.3, -0.25) is 0 Å². The second kappa shape index (κ2) is 3.74. The highest BCUT2D eigenvalue weighted by molar-refractivity contribution is 6.30. The van der Waals surface area contributed by atoms with E-state index in [1.807, 2.05) is 30.3 Å². The van der Waals surface area contributed by atoms with Crippen LogP contribution < -0.4 is 5.32 Å². The van der Waals surface area contributed by atoms with Crippen molar-refractivity contribution in [1.29, 1.82) is 0 Å². The maximum atomic E-state index is 5.81. The molecule has 0 radical (unpaired) electrons. The second-order valence-electron chi connectivity index (χ2n) is 3.97. The van der Waals surface area contributed by atoms with Crippen molar-refractivity contribution in [3.63, 3.8) is 0 Å². The molecule has 2 rings (SSSR count). The number of allylic oxidation sites excluding steroid dienone is 1. The zero-order valence-electron chi connectivity index (χ0n) is 8.59. The third-order valence-electron chi connectivity index (χ3n) is 2.92. The average Bonchev–Trinajstić information content (AvgIpc) is 3.02. The zero-order valence-corrected chi connectivity index (χ0v) is 9.35. The third-order valence-corrected chi connectivity index (χ3v) is 3.17. The van der Waals surface area contributed by atoms with Crippen LogP contribution in [0.4, 0.5) is 5.69 Å². The van der Waals surface area contributed by atoms with Crippen LogP contribution in [0.25, 0.3) is 0 Å². The van der Waals surface area contributed by atoms with Gasteiger partial charge in [-0.15, -0.1) is 6.58 Å². The van der Waals surface area contributed by atoms with Crippen molar-refractivity contribution >= 4 is 17.3 Å². The van der Waals surface area contributed by atoms with Gasteiger partial charge in [-0.05, 0) is 37.1 Å². The molecule has 0 heterocycles. The van der Waals surface area contributed by atoms with Gasteiger partial charge in [0.25, 0.3) is 0 Å². The maximum Gasteiger partial charge on any atom is 0.0407 e. The largest absolute Gasteiger partial charge is 0.359 e. The molecule has 15 heavy (non-hydrogen) atoms. The van der Waals surface area contributed by atoms with Crippen LogP contribution in [0.5, 0.6) is 0 Å². The van der Waals surface area contributed by atoms with E-state index in [1.165, 1.54) is 0 Å². The molecule has 0 aliphatic heterocycles. The molecule has 0 saturated heterocycles. The quantitative estimate of drug-likeness (QED) is 0.748. The summed E-state index contributed by atoms with van der Waals surface area (Å²) in [6.45, 7) is 7.91. The summed E-state index contributed by atoms with van der Waals surface area (Å²) in [7, 11) is 0. The number of anilines is 1. The Morgan fingerprint density at radius 3 is 2.40 bits per heavy atom. The van der Waals surface area contributed by atoms with Gasteiger partial charge in [-0.2, -0.15) is 0 Å². The predicted molar refractivity (Wildman–Crippen MR) is 66.1 cm³/mol. The Morgan fingerprint density at radius 2 is 1.93 bits per heavy atom. The molecule has 0 spiro atoms. The summed E-state index contributed by atoms with van der Waals surface area (Å²) < 4.78 is 0. The molecule has 0 bridgehead atoms. The Balaban J connectivity index is 2.06. The Bertz CT molecular complexity index is 388. The number of rotatable bonds is 4. The molecule has 0 amide bonds. The van der Waals surface area contributed by atoms with Gasteiger partial charge in [0.15, 0.2) is 0 Å². The van der Waals surface area contributed by atoms with Crippen LogP contribution >= 0.6 is 11.6 Å². The molecular weight excluding hydrogens is 206 g/mol. The number of hydrogen-bond acceptors (Lipinski definition) is 1. The van der Waals surface area contributed by atoms with Crippen molar-refractivity contribution in [2.24, 2.45) is 5.41 Å². The molecule has 0 unspecified atom stereocenters. The zero-order chi connectivity index (χ0) is 10.9. The summed E-state index contributed by atoms with van der Waals surface area (Å²) >= 11 is 5.81. The number of nitrogens with one attached hydrogen (secondary N) is 1. The van der Waals surface area contributed by atoms with E-state index in [4.69, 9.17) is 11.6 Å². The van der Waals surface area contributed by atoms with Gasteiger partial charge < -0.3 is 5.32 Å². The average molecular weight is 220 g/mol. The van der Waals surface area contributed by atoms with Crippen molar-refractivity contribution in [2.75, 3.05) is 5.32 Å². The fourth-order valence-corrected chi connectivity index (χ4v) is 1.72. The molecule has 0 atom stereocenters. The Kier molecular flexibility index (Phi) is 2.57. The minimum atomic E-state index is 0.125. The molecule has 1 nitrogen and oxygen atoms in total. The lowest BCUT2D eigenvalue weighted by molar-refractivity contribution is 0.797. The molecule has 1 aliphatic rings. The van der Waals surface area contributed by atoms with Crippen LogP contribution in [0.3, 0.4) is 0 Å². The van der Waals surface area contributed by atoms with E-state index in [1.54, 1.807) is 0 Å². The molecular formula is C13H14ClN. The molecule has 2 heteroatoms. The minimum absolute atomic E-state index is 0.125. The van der Waals surface area contributed by atoms with E-state index < -0.39 is 0 Å². The number of hydrogen-bond donors (Lipinski definition) is 1. The highest BCUT2D eigenvalue weighted by Crippen LogP contribution is 2.52. The van der Waals surface area contributed by atoms with E-state index in [9.17, 15) is 0 Å². The SMILES string of the molecule is C=CC1(C(=C)Nc2ccc(Cl)cc2)CC1. The minimum Gasteiger partial charge on any atom is -0.359 e. The van der Waals surface area contributed by atoms with Crippen molar-refractivity contribution in [3.8, 4) is 0 Å². The van der Waals surface area contributed by atoms with Crippen LogP contribution in [-0.2, 0) is 0 Å². The standard InChI is InChI=1S/C13H14ClN/c1-3-13(8-9-13)10(2)15-12-6-4-11(14)5-7-12/h3-7,15H,1-2,8-9H2. The van der Waals surface area contributed by atoms with Crippen LogP contribution in [0.1, 0.15) is 12.8 Å². The van der Waals surface area contributed by atoms with Gasteiger partial charge in [0, 0.05) is 21.8 Å². The Morgan fingerprint density at radius 1 is 1.33 bits per heavy atom. The van der Waals surface area contributed by atoms with Gasteiger partial charge in [-0.1, -0.05) is 24.3 Å². The van der Waals surface area contributed by atoms with E-state index in [0.717, 1.165) is 29.2 Å². The summed E-state index contributed by atoms with van der Waals surface area (Å²) in [6.07, 6.45) is 4.28. The summed E-state index contributed by atoms with van der Waals surface area (Å²) in [5.74, 6) is 0. The number of halogens is 1. The van der Waals surface area contributed by atoms with Crippen LogP contribution in [0.2, 0.25) is 5.02 Å². The molecule has 1 N–H and O–H groups in total. The van der Waals surface area contributed by atoms with E-state index in [2.05, 4.69) is 18.5 Å². The maximum absolute atomic E-state index is 5.81. The topological polar surface area (TPSA) is 12.0 Å². The first kappa shape index (κ1) is 10.3. The first-order valence-electron chi connectivity index (χ1n) is 5.02. The van der Waals surface area contributed by atoms with Gasteiger partial charge in [-0.25, -0.2) is 0 Å². The number of benzene rings is 1. The molecule has 1 fully saturated rings. The fourth-order valence-electron chi connectivity index (χ4n) is 1.60. The van der Waals surface area contributed by atoms with E-state index in [0.29, 0.717) is 0 Å². The van der Waals surface area contributed by atoms with Gasteiger partial charge >= 0.3 is 0 Å². The summed E-state index contributed by atoms with van der Waals surface area (Å²) in [5, 5.41) is 4.04. The molecule has 1 aliphatic carbocycles. The molecule has 0 aromatic heterocycles. The molecule has 1 aromatic rings. The summed E-state index contributed by atoms with van der Waals surface area (Å²) in [4.78, 5) is 0. The van der Waals surface area contributed by atoms with E-state index >= 15 is 0 Å². The van der Waals surface area contributed by atoms with Crippen LogP contribution in [-0.4, -0.2) is 0 Å². The lowest BCUT2D eigenvalue weighted by atomic mass is 10.0. The summed E-state index contributed by atoms with van der Waals surface area (Å²) in [5.41, 5.74) is 2.18. The monoisotopic (exact) mass is 219 g/mol. The highest BCUT2D eigenvalue weighted by Gasteiger charge is 2.42. The lowest BCUT2D eigenvalue weighted by Crippen LogP contribution is -2.08. The van der Waals surface area contributed by atoms with Crippen LogP contribution in [0.15, 0.2) is 49.2 Å². The Labute approximate surface area is 95.5 Å².